The van der Waals surface area contributed by atoms with Gasteiger partial charge in [0.1, 0.15) is 4.90 Å². The van der Waals surface area contributed by atoms with Crippen LogP contribution in [0.5, 0.6) is 0 Å². The van der Waals surface area contributed by atoms with E-state index in [0.29, 0.717) is 5.30 Å². The van der Waals surface area contributed by atoms with E-state index in [1.165, 1.54) is 6.07 Å². The molecule has 3 nitrogen and oxygen atoms in total. The Hall–Kier alpha value is -1.13. The number of benzene rings is 2. The highest BCUT2D eigenvalue weighted by Gasteiger charge is 2.27. The summed E-state index contributed by atoms with van der Waals surface area (Å²) in [6, 6.07) is 15.6. The topological polar surface area (TPSA) is 54.4 Å². The fourth-order valence-corrected chi connectivity index (χ4v) is 4.98. The van der Waals surface area contributed by atoms with Crippen LogP contribution in [0.4, 0.5) is 0 Å². The molecule has 1 N–H and O–H groups in total. The van der Waals surface area contributed by atoms with Gasteiger partial charge in [0.25, 0.3) is 16.8 Å². The molecule has 0 aromatic heterocycles. The minimum Gasteiger partial charge on any atom is -0.282 e. The lowest BCUT2D eigenvalue weighted by atomic mass is 10.4. The summed E-state index contributed by atoms with van der Waals surface area (Å²) >= 11 is 5.42. The van der Waals surface area contributed by atoms with Gasteiger partial charge in [-0.25, -0.2) is 0 Å². The van der Waals surface area contributed by atoms with E-state index in [0.717, 1.165) is 5.30 Å². The molecule has 0 saturated carbocycles. The van der Waals surface area contributed by atoms with Crippen molar-refractivity contribution in [3.63, 3.8) is 0 Å². The van der Waals surface area contributed by atoms with Crippen LogP contribution in [0.25, 0.3) is 0 Å². The van der Waals surface area contributed by atoms with E-state index in [9.17, 15) is 13.0 Å². The lowest BCUT2D eigenvalue weighted by molar-refractivity contribution is 0.484. The van der Waals surface area contributed by atoms with Gasteiger partial charge in [-0.1, -0.05) is 30.3 Å². The van der Waals surface area contributed by atoms with E-state index in [-0.39, 0.29) is 4.90 Å². The van der Waals surface area contributed by atoms with Gasteiger partial charge in [-0.2, -0.15) is 8.42 Å². The zero-order chi connectivity index (χ0) is 13.2. The molecule has 0 aliphatic heterocycles. The summed E-state index contributed by atoms with van der Waals surface area (Å²) in [6.07, 6.45) is 0. The Balaban J connectivity index is 2.57. The highest BCUT2D eigenvalue weighted by atomic mass is 32.4. The Morgan fingerprint density at radius 3 is 2.11 bits per heavy atom. The maximum atomic E-state index is 11.3. The van der Waals surface area contributed by atoms with E-state index in [1.807, 2.05) is 30.3 Å². The van der Waals surface area contributed by atoms with E-state index in [1.54, 1.807) is 18.2 Å². The van der Waals surface area contributed by atoms with Gasteiger partial charge in [-0.15, -0.1) is 0 Å². The van der Waals surface area contributed by atoms with E-state index < -0.39 is 16.8 Å². The summed E-state index contributed by atoms with van der Waals surface area (Å²) in [5, 5.41) is 1.37. The molecule has 0 heterocycles. The maximum Gasteiger partial charge on any atom is 0.298 e. The average molecular weight is 297 g/mol. The average Bonchev–Trinajstić information content (AvgIpc) is 2.38. The SMILES string of the molecule is O=S(=O)(O)c1ccccc1[P+](=S)c1ccccc1. The fourth-order valence-electron chi connectivity index (χ4n) is 1.55. The minimum atomic E-state index is -4.24. The van der Waals surface area contributed by atoms with E-state index in [4.69, 9.17) is 11.8 Å². The monoisotopic (exact) mass is 297 g/mol. The maximum absolute atomic E-state index is 11.3. The van der Waals surface area contributed by atoms with Crippen molar-refractivity contribution < 1.29 is 13.0 Å². The number of hydrogen-bond donors (Lipinski definition) is 1. The Kier molecular flexibility index (Phi) is 3.88. The summed E-state index contributed by atoms with van der Waals surface area (Å²) in [5.41, 5.74) is 0. The molecule has 0 aliphatic rings. The Morgan fingerprint density at radius 2 is 1.50 bits per heavy atom. The quantitative estimate of drug-likeness (QED) is 0.693. The van der Waals surface area contributed by atoms with Crippen molar-refractivity contribution in [2.75, 3.05) is 0 Å². The molecule has 2 aromatic rings. The smallest absolute Gasteiger partial charge is 0.282 e. The molecule has 0 fully saturated rings. The van der Waals surface area contributed by atoms with Gasteiger partial charge in [0, 0.05) is 0 Å². The Morgan fingerprint density at radius 1 is 0.944 bits per heavy atom. The van der Waals surface area contributed by atoms with Crippen molar-refractivity contribution in [2.24, 2.45) is 0 Å². The van der Waals surface area contributed by atoms with Crippen molar-refractivity contribution in [3.05, 3.63) is 54.6 Å². The van der Waals surface area contributed by atoms with Crippen LogP contribution in [0.2, 0.25) is 0 Å². The van der Waals surface area contributed by atoms with Crippen LogP contribution in [-0.2, 0) is 21.9 Å². The second-order valence-corrected chi connectivity index (χ2v) is 7.65. The third kappa shape index (κ3) is 2.82. The lowest BCUT2D eigenvalue weighted by Crippen LogP contribution is -2.15. The molecule has 0 bridgehead atoms. The molecule has 18 heavy (non-hydrogen) atoms. The molecule has 0 spiro atoms. The molecule has 2 rings (SSSR count). The van der Waals surface area contributed by atoms with E-state index >= 15 is 0 Å². The first kappa shape index (κ1) is 13.3. The lowest BCUT2D eigenvalue weighted by Gasteiger charge is -1.99. The first-order valence-electron chi connectivity index (χ1n) is 5.09. The van der Waals surface area contributed by atoms with E-state index in [2.05, 4.69) is 0 Å². The van der Waals surface area contributed by atoms with Crippen LogP contribution < -0.4 is 10.6 Å². The van der Waals surface area contributed by atoms with Crippen LogP contribution in [0.3, 0.4) is 0 Å². The van der Waals surface area contributed by atoms with Gasteiger partial charge in [0.15, 0.2) is 22.4 Å². The van der Waals surface area contributed by atoms with Gasteiger partial charge >= 0.3 is 0 Å². The van der Waals surface area contributed by atoms with Gasteiger partial charge in [-0.05, 0) is 24.3 Å². The largest absolute Gasteiger partial charge is 0.298 e. The van der Waals surface area contributed by atoms with Gasteiger partial charge in [-0.3, -0.25) is 4.55 Å². The van der Waals surface area contributed by atoms with Crippen molar-refractivity contribution in [1.82, 2.24) is 0 Å². The number of rotatable bonds is 3. The molecule has 2 aromatic carbocycles. The first-order chi connectivity index (χ1) is 8.50. The Bertz CT molecular complexity index is 681. The molecule has 6 heteroatoms. The van der Waals surface area contributed by atoms with Crippen molar-refractivity contribution in [2.45, 2.75) is 4.90 Å². The van der Waals surface area contributed by atoms with Gasteiger partial charge < -0.3 is 0 Å². The van der Waals surface area contributed by atoms with Crippen molar-refractivity contribution in [3.8, 4) is 0 Å². The molecule has 0 amide bonds. The summed E-state index contributed by atoms with van der Waals surface area (Å²) in [4.78, 5) is -0.102. The van der Waals surface area contributed by atoms with Crippen LogP contribution in [-0.4, -0.2) is 13.0 Å². The molecule has 1 atom stereocenters. The minimum absolute atomic E-state index is 0.102. The second kappa shape index (κ2) is 5.24. The fraction of sp³-hybridized carbons (Fsp3) is 0. The highest BCUT2D eigenvalue weighted by Crippen LogP contribution is 2.23. The third-order valence-electron chi connectivity index (χ3n) is 2.35. The molecule has 1 unspecified atom stereocenters. The van der Waals surface area contributed by atoms with Crippen molar-refractivity contribution in [1.29, 1.82) is 0 Å². The standard InChI is InChI=1S/C12H9O3PS2/c13-18(14,15)12-9-5-4-8-11(12)16(17)10-6-2-1-3-7-10/h1-9H/p+1. The summed E-state index contributed by atoms with van der Waals surface area (Å²) in [5.74, 6) is 0. The Labute approximate surface area is 112 Å². The van der Waals surface area contributed by atoms with Gasteiger partial charge in [0.05, 0.1) is 0 Å². The molecule has 0 radical (unpaired) electrons. The van der Waals surface area contributed by atoms with Crippen molar-refractivity contribution >= 4 is 39.2 Å². The first-order valence-corrected chi connectivity index (χ1v) is 8.88. The molecule has 92 valence electrons. The summed E-state index contributed by atoms with van der Waals surface area (Å²) < 4.78 is 31.8. The zero-order valence-electron chi connectivity index (χ0n) is 9.22. The normalized spacial score (nSPS) is 12.2. The molecule has 0 saturated heterocycles. The molecule has 0 aliphatic carbocycles. The molecular weight excluding hydrogens is 287 g/mol. The summed E-state index contributed by atoms with van der Waals surface area (Å²) in [6.45, 7) is -1.21. The predicted octanol–water partition coefficient (Wildman–Crippen LogP) is 1.83. The number of hydrogen-bond acceptors (Lipinski definition) is 3. The highest BCUT2D eigenvalue weighted by molar-refractivity contribution is 8.12. The third-order valence-corrected chi connectivity index (χ3v) is 6.23. The van der Waals surface area contributed by atoms with Crippen LogP contribution in [0.1, 0.15) is 0 Å². The van der Waals surface area contributed by atoms with Gasteiger partial charge in [0.2, 0.25) is 0 Å². The van der Waals surface area contributed by atoms with Crippen LogP contribution >= 0.6 is 6.70 Å². The summed E-state index contributed by atoms with van der Waals surface area (Å²) in [7, 11) is -4.24. The van der Waals surface area contributed by atoms with Crippen LogP contribution in [0.15, 0.2) is 59.5 Å². The molecular formula is C12H10O3PS2+. The zero-order valence-corrected chi connectivity index (χ0v) is 11.8. The second-order valence-electron chi connectivity index (χ2n) is 3.57. The van der Waals surface area contributed by atoms with Crippen LogP contribution in [0, 0.1) is 0 Å². The predicted molar refractivity (Wildman–Crippen MR) is 76.3 cm³/mol.